The lowest BCUT2D eigenvalue weighted by atomic mass is 10.1. The number of benzene rings is 1. The molecule has 6 heteroatoms. The van der Waals surface area contributed by atoms with E-state index in [4.69, 9.17) is 0 Å². The molecule has 2 heterocycles. The number of nitrogens with one attached hydrogen (secondary N) is 3. The van der Waals surface area contributed by atoms with Gasteiger partial charge in [0.1, 0.15) is 0 Å². The lowest BCUT2D eigenvalue weighted by Crippen LogP contribution is -2.37. The lowest BCUT2D eigenvalue weighted by Gasteiger charge is -2.10. The summed E-state index contributed by atoms with van der Waals surface area (Å²) < 4.78 is 0. The first-order chi connectivity index (χ1) is 9.74. The van der Waals surface area contributed by atoms with Crippen molar-refractivity contribution in [3.8, 4) is 11.3 Å². The van der Waals surface area contributed by atoms with Gasteiger partial charge in [-0.1, -0.05) is 12.1 Å². The lowest BCUT2D eigenvalue weighted by molar-refractivity contribution is -0.117. The summed E-state index contributed by atoms with van der Waals surface area (Å²) in [6.45, 7) is 1.99. The summed E-state index contributed by atoms with van der Waals surface area (Å²) in [6, 6.07) is 7.66. The smallest absolute Gasteiger partial charge is 0.242 e. The van der Waals surface area contributed by atoms with Crippen molar-refractivity contribution in [1.29, 1.82) is 0 Å². The maximum Gasteiger partial charge on any atom is 0.242 e. The van der Waals surface area contributed by atoms with Crippen molar-refractivity contribution >= 4 is 23.4 Å². The Morgan fingerprint density at radius 2 is 2.20 bits per heavy atom. The summed E-state index contributed by atoms with van der Waals surface area (Å²) in [6.07, 6.45) is 1.68. The zero-order chi connectivity index (χ0) is 13.9. The molecule has 20 heavy (non-hydrogen) atoms. The number of anilines is 1. The van der Waals surface area contributed by atoms with Gasteiger partial charge < -0.3 is 10.3 Å². The molecular weight excluding hydrogens is 272 g/mol. The molecule has 3 rings (SSSR count). The Bertz CT molecular complexity index is 602. The van der Waals surface area contributed by atoms with Gasteiger partial charge in [0.2, 0.25) is 5.91 Å². The molecule has 0 aliphatic carbocycles. The third-order valence-electron chi connectivity index (χ3n) is 3.29. The number of rotatable bonds is 3. The molecule has 1 atom stereocenters. The zero-order valence-electron chi connectivity index (χ0n) is 11.1. The highest BCUT2D eigenvalue weighted by atomic mass is 32.2. The number of thioether (sulfide) groups is 1. The van der Waals surface area contributed by atoms with Gasteiger partial charge in [0.05, 0.1) is 18.1 Å². The van der Waals surface area contributed by atoms with E-state index in [0.717, 1.165) is 34.3 Å². The van der Waals surface area contributed by atoms with E-state index in [1.54, 1.807) is 18.1 Å². The Morgan fingerprint density at radius 3 is 2.80 bits per heavy atom. The molecule has 1 fully saturated rings. The monoisotopic (exact) mass is 288 g/mol. The van der Waals surface area contributed by atoms with E-state index < -0.39 is 0 Å². The maximum absolute atomic E-state index is 12.0. The van der Waals surface area contributed by atoms with Crippen LogP contribution in [0.15, 0.2) is 30.6 Å². The molecule has 3 N–H and O–H groups in total. The van der Waals surface area contributed by atoms with Crippen molar-refractivity contribution < 1.29 is 4.79 Å². The number of hydrogen-bond donors (Lipinski definition) is 3. The third kappa shape index (κ3) is 2.71. The minimum Gasteiger partial charge on any atom is -0.348 e. The van der Waals surface area contributed by atoms with Gasteiger partial charge in [-0.15, -0.1) is 11.8 Å². The summed E-state index contributed by atoms with van der Waals surface area (Å²) in [5.74, 6) is 1.70. The number of amides is 1. The molecular formula is C14H16N4OS. The Balaban J connectivity index is 1.70. The molecule has 1 unspecified atom stereocenters. The van der Waals surface area contributed by atoms with Crippen LogP contribution < -0.4 is 10.6 Å². The van der Waals surface area contributed by atoms with Gasteiger partial charge in [-0.3, -0.25) is 10.1 Å². The van der Waals surface area contributed by atoms with Crippen molar-refractivity contribution in [3.63, 3.8) is 0 Å². The average Bonchev–Trinajstić information content (AvgIpc) is 3.11. The quantitative estimate of drug-likeness (QED) is 0.808. The van der Waals surface area contributed by atoms with E-state index in [2.05, 4.69) is 20.6 Å². The molecule has 1 aromatic heterocycles. The highest BCUT2D eigenvalue weighted by Gasteiger charge is 2.22. The molecule has 104 valence electrons. The van der Waals surface area contributed by atoms with Crippen LogP contribution >= 0.6 is 11.8 Å². The third-order valence-corrected chi connectivity index (χ3v) is 4.23. The Hall–Kier alpha value is -1.79. The number of aryl methyl sites for hydroxylation is 1. The Labute approximate surface area is 121 Å². The van der Waals surface area contributed by atoms with Gasteiger partial charge in [0, 0.05) is 28.6 Å². The number of carbonyl (C=O) groups is 1. The summed E-state index contributed by atoms with van der Waals surface area (Å²) in [5.41, 5.74) is 3.83. The van der Waals surface area contributed by atoms with Crippen molar-refractivity contribution in [2.45, 2.75) is 13.0 Å². The number of aromatic amines is 1. The first kappa shape index (κ1) is 13.2. The number of nitrogens with zero attached hydrogens (tertiary/aromatic N) is 1. The van der Waals surface area contributed by atoms with Crippen molar-refractivity contribution in [1.82, 2.24) is 15.3 Å². The molecule has 0 radical (unpaired) electrons. The van der Waals surface area contributed by atoms with Crippen LogP contribution in [0.5, 0.6) is 0 Å². The first-order valence-electron chi connectivity index (χ1n) is 6.46. The highest BCUT2D eigenvalue weighted by molar-refractivity contribution is 7.99. The van der Waals surface area contributed by atoms with Crippen LogP contribution in [-0.4, -0.2) is 33.5 Å². The summed E-state index contributed by atoms with van der Waals surface area (Å²) in [7, 11) is 0. The molecule has 0 bridgehead atoms. The minimum absolute atomic E-state index is 0.0266. The molecule has 1 aromatic carbocycles. The van der Waals surface area contributed by atoms with E-state index >= 15 is 0 Å². The molecule has 1 aliphatic rings. The van der Waals surface area contributed by atoms with Crippen LogP contribution in [0.25, 0.3) is 11.3 Å². The van der Waals surface area contributed by atoms with Crippen molar-refractivity contribution in [3.05, 3.63) is 36.3 Å². The fraction of sp³-hybridized carbons (Fsp3) is 0.286. The van der Waals surface area contributed by atoms with Gasteiger partial charge >= 0.3 is 0 Å². The summed E-state index contributed by atoms with van der Waals surface area (Å²) in [5, 5.41) is 6.08. The number of imidazole rings is 1. The van der Waals surface area contributed by atoms with Crippen LogP contribution in [-0.2, 0) is 4.79 Å². The van der Waals surface area contributed by atoms with E-state index in [-0.39, 0.29) is 11.9 Å². The highest BCUT2D eigenvalue weighted by Crippen LogP contribution is 2.22. The van der Waals surface area contributed by atoms with Crippen LogP contribution in [0.1, 0.15) is 5.69 Å². The predicted octanol–water partition coefficient (Wildman–Crippen LogP) is 1.99. The van der Waals surface area contributed by atoms with Crippen LogP contribution in [0.3, 0.4) is 0 Å². The number of carbonyl (C=O) groups excluding carboxylic acids is 1. The van der Waals surface area contributed by atoms with Crippen LogP contribution in [0.4, 0.5) is 5.69 Å². The minimum atomic E-state index is -0.0896. The van der Waals surface area contributed by atoms with Gasteiger partial charge in [0.15, 0.2) is 0 Å². The van der Waals surface area contributed by atoms with Gasteiger partial charge in [0.25, 0.3) is 0 Å². The maximum atomic E-state index is 12.0. The second kappa shape index (κ2) is 5.68. The summed E-state index contributed by atoms with van der Waals surface area (Å²) in [4.78, 5) is 19.3. The molecule has 2 aromatic rings. The second-order valence-corrected chi connectivity index (χ2v) is 5.74. The number of H-pyrrole nitrogens is 1. The van der Waals surface area contributed by atoms with E-state index in [0.29, 0.717) is 0 Å². The molecule has 0 saturated carbocycles. The Morgan fingerprint density at radius 1 is 1.40 bits per heavy atom. The van der Waals surface area contributed by atoms with E-state index in [9.17, 15) is 4.79 Å². The fourth-order valence-electron chi connectivity index (χ4n) is 2.15. The molecule has 1 saturated heterocycles. The topological polar surface area (TPSA) is 69.8 Å². The normalized spacial score (nSPS) is 18.1. The van der Waals surface area contributed by atoms with Gasteiger partial charge in [-0.25, -0.2) is 4.98 Å². The molecule has 5 nitrogen and oxygen atoms in total. The van der Waals surface area contributed by atoms with Gasteiger partial charge in [-0.2, -0.15) is 0 Å². The Kier molecular flexibility index (Phi) is 3.75. The summed E-state index contributed by atoms with van der Waals surface area (Å²) >= 11 is 1.74. The predicted molar refractivity (Wildman–Crippen MR) is 81.6 cm³/mol. The molecule has 1 aliphatic heterocycles. The SMILES string of the molecule is Cc1[nH]cnc1-c1ccc(NC(=O)C2CSCN2)cc1. The fourth-order valence-corrected chi connectivity index (χ4v) is 3.10. The van der Waals surface area contributed by atoms with Crippen LogP contribution in [0.2, 0.25) is 0 Å². The largest absolute Gasteiger partial charge is 0.348 e. The van der Waals surface area contributed by atoms with E-state index in [1.165, 1.54) is 0 Å². The van der Waals surface area contributed by atoms with E-state index in [1.807, 2.05) is 31.2 Å². The standard InChI is InChI=1S/C14H16N4OS/c1-9-13(16-7-15-9)10-2-4-11(5-3-10)18-14(19)12-6-20-8-17-12/h2-5,7,12,17H,6,8H2,1H3,(H,15,16)(H,18,19). The van der Waals surface area contributed by atoms with Crippen molar-refractivity contribution in [2.24, 2.45) is 0 Å². The van der Waals surface area contributed by atoms with Crippen molar-refractivity contribution in [2.75, 3.05) is 16.9 Å². The number of aromatic nitrogens is 2. The average molecular weight is 288 g/mol. The number of hydrogen-bond acceptors (Lipinski definition) is 4. The molecule has 0 spiro atoms. The molecule has 1 amide bonds. The zero-order valence-corrected chi connectivity index (χ0v) is 12.0. The van der Waals surface area contributed by atoms with Crippen LogP contribution in [0, 0.1) is 6.92 Å². The van der Waals surface area contributed by atoms with Gasteiger partial charge in [-0.05, 0) is 19.1 Å². The second-order valence-electron chi connectivity index (χ2n) is 4.71. The first-order valence-corrected chi connectivity index (χ1v) is 7.62.